The molecular weight excluding hydrogens is 415 g/mol. The number of anilines is 1. The van der Waals surface area contributed by atoms with Gasteiger partial charge in [0.2, 0.25) is 0 Å². The van der Waals surface area contributed by atoms with Crippen molar-refractivity contribution in [2.45, 2.75) is 18.9 Å². The Morgan fingerprint density at radius 3 is 2.75 bits per heavy atom. The number of fused-ring (bicyclic) bond motifs is 2. The van der Waals surface area contributed by atoms with Gasteiger partial charge in [0, 0.05) is 51.6 Å². The van der Waals surface area contributed by atoms with E-state index in [9.17, 15) is 9.18 Å². The van der Waals surface area contributed by atoms with E-state index in [1.165, 1.54) is 12.3 Å². The van der Waals surface area contributed by atoms with E-state index in [4.69, 9.17) is 14.7 Å². The highest BCUT2D eigenvalue weighted by Gasteiger charge is 2.26. The van der Waals surface area contributed by atoms with Gasteiger partial charge >= 0.3 is 5.69 Å². The third-order valence-corrected chi connectivity index (χ3v) is 6.22. The molecule has 166 valence electrons. The third-order valence-electron chi connectivity index (χ3n) is 6.22. The van der Waals surface area contributed by atoms with Crippen LogP contribution in [0.15, 0.2) is 29.3 Å². The van der Waals surface area contributed by atoms with Crippen molar-refractivity contribution in [2.75, 3.05) is 44.3 Å². The number of hydrogen-bond donors (Lipinski definition) is 2. The first-order valence-electron chi connectivity index (χ1n) is 10.9. The smallest absolute Gasteiger partial charge is 0.328 e. The molecule has 0 unspecified atom stereocenters. The molecule has 2 N–H and O–H groups in total. The van der Waals surface area contributed by atoms with Gasteiger partial charge in [-0.3, -0.25) is 8.97 Å². The largest absolute Gasteiger partial charge is 0.381 e. The normalized spacial score (nSPS) is 18.1. The second-order valence-electron chi connectivity index (χ2n) is 8.17. The first-order chi connectivity index (χ1) is 15.7. The van der Waals surface area contributed by atoms with Gasteiger partial charge in [0.15, 0.2) is 17.3 Å². The SMILES string of the molecule is O=c1[nH]c2c(N3CCNCC3)nc(-c3cnc4ccc(F)cn34)nc2n1C1CCOCC1. The number of hydrogen-bond acceptors (Lipinski definition) is 7. The van der Waals surface area contributed by atoms with Crippen LogP contribution >= 0.6 is 0 Å². The summed E-state index contributed by atoms with van der Waals surface area (Å²) < 4.78 is 22.8. The summed E-state index contributed by atoms with van der Waals surface area (Å²) in [7, 11) is 0. The summed E-state index contributed by atoms with van der Waals surface area (Å²) in [4.78, 5) is 32.2. The Bertz CT molecular complexity index is 1350. The molecule has 6 rings (SSSR count). The zero-order chi connectivity index (χ0) is 21.7. The van der Waals surface area contributed by atoms with Gasteiger partial charge in [0.1, 0.15) is 22.7 Å². The van der Waals surface area contributed by atoms with E-state index in [0.717, 1.165) is 39.0 Å². The Kier molecular flexibility index (Phi) is 4.65. The predicted molar refractivity (Wildman–Crippen MR) is 116 cm³/mol. The number of rotatable bonds is 3. The zero-order valence-corrected chi connectivity index (χ0v) is 17.4. The highest BCUT2D eigenvalue weighted by atomic mass is 19.1. The molecule has 0 amide bonds. The second-order valence-corrected chi connectivity index (χ2v) is 8.17. The minimum absolute atomic E-state index is 0.00301. The lowest BCUT2D eigenvalue weighted by atomic mass is 10.1. The number of pyridine rings is 1. The average Bonchev–Trinajstić information content (AvgIpc) is 3.39. The number of ether oxygens (including phenoxy) is 1. The zero-order valence-electron chi connectivity index (χ0n) is 17.4. The van der Waals surface area contributed by atoms with Crippen LogP contribution < -0.4 is 15.9 Å². The standard InChI is InChI=1S/C21H23FN8O2/c22-13-1-2-16-24-11-15(29(16)12-13)18-26-19(28-7-5-23-6-8-28)17-20(27-18)30(21(31)25-17)14-3-9-32-10-4-14/h1-2,11-12,14,23H,3-10H2,(H,25,31). The molecule has 0 radical (unpaired) electrons. The van der Waals surface area contributed by atoms with Gasteiger partial charge in [0.05, 0.1) is 6.20 Å². The first kappa shape index (κ1) is 19.4. The van der Waals surface area contributed by atoms with Crippen molar-refractivity contribution in [1.82, 2.24) is 34.2 Å². The van der Waals surface area contributed by atoms with Crippen LogP contribution in [-0.4, -0.2) is 68.3 Å². The van der Waals surface area contributed by atoms with Gasteiger partial charge in [-0.15, -0.1) is 0 Å². The lowest BCUT2D eigenvalue weighted by Gasteiger charge is -2.29. The molecule has 0 aliphatic carbocycles. The predicted octanol–water partition coefficient (Wildman–Crippen LogP) is 1.33. The van der Waals surface area contributed by atoms with E-state index < -0.39 is 0 Å². The summed E-state index contributed by atoms with van der Waals surface area (Å²) in [5.74, 6) is 0.714. The Labute approximate surface area is 182 Å². The van der Waals surface area contributed by atoms with Crippen LogP contribution in [0, 0.1) is 5.82 Å². The first-order valence-corrected chi connectivity index (χ1v) is 10.9. The molecule has 2 fully saturated rings. The maximum absolute atomic E-state index is 14.0. The molecule has 4 aromatic heterocycles. The molecule has 11 heteroatoms. The van der Waals surface area contributed by atoms with Gasteiger partial charge in [-0.1, -0.05) is 0 Å². The lowest BCUT2D eigenvalue weighted by molar-refractivity contribution is 0.0697. The number of aromatic amines is 1. The number of nitrogens with zero attached hydrogens (tertiary/aromatic N) is 6. The monoisotopic (exact) mass is 438 g/mol. The van der Waals surface area contributed by atoms with Gasteiger partial charge < -0.3 is 19.9 Å². The van der Waals surface area contributed by atoms with Crippen LogP contribution in [0.25, 0.3) is 28.3 Å². The van der Waals surface area contributed by atoms with E-state index in [-0.39, 0.29) is 17.5 Å². The third kappa shape index (κ3) is 3.16. The van der Waals surface area contributed by atoms with Gasteiger partial charge in [-0.05, 0) is 25.0 Å². The Balaban J connectivity index is 1.59. The van der Waals surface area contributed by atoms with Gasteiger partial charge in [-0.2, -0.15) is 0 Å². The van der Waals surface area contributed by atoms with E-state index >= 15 is 0 Å². The molecule has 0 aromatic carbocycles. The van der Waals surface area contributed by atoms with Crippen molar-refractivity contribution in [2.24, 2.45) is 0 Å². The van der Waals surface area contributed by atoms with Gasteiger partial charge in [0.25, 0.3) is 0 Å². The Morgan fingerprint density at radius 2 is 1.94 bits per heavy atom. The number of H-pyrrole nitrogens is 1. The quantitative estimate of drug-likeness (QED) is 0.497. The minimum atomic E-state index is -0.374. The number of aromatic nitrogens is 6. The molecule has 4 aromatic rings. The molecule has 2 aliphatic heterocycles. The number of halogens is 1. The molecule has 0 spiro atoms. The topological polar surface area (TPSA) is 105 Å². The second kappa shape index (κ2) is 7.68. The van der Waals surface area contributed by atoms with Crippen LogP contribution in [0.2, 0.25) is 0 Å². The fourth-order valence-electron chi connectivity index (χ4n) is 4.61. The van der Waals surface area contributed by atoms with Gasteiger partial charge in [-0.25, -0.2) is 24.1 Å². The van der Waals surface area contributed by atoms with Crippen molar-refractivity contribution in [3.63, 3.8) is 0 Å². The summed E-state index contributed by atoms with van der Waals surface area (Å²) in [6.45, 7) is 4.40. The van der Waals surface area contributed by atoms with Crippen LogP contribution in [0.3, 0.4) is 0 Å². The Morgan fingerprint density at radius 1 is 1.12 bits per heavy atom. The molecule has 32 heavy (non-hydrogen) atoms. The highest BCUT2D eigenvalue weighted by Crippen LogP contribution is 2.30. The Hall–Kier alpha value is -3.31. The summed E-state index contributed by atoms with van der Waals surface area (Å²) in [6.07, 6.45) is 4.51. The highest BCUT2D eigenvalue weighted by molar-refractivity contribution is 5.86. The number of imidazole rings is 2. The molecule has 2 aliphatic rings. The summed E-state index contributed by atoms with van der Waals surface area (Å²) >= 11 is 0. The van der Waals surface area contributed by atoms with Crippen molar-refractivity contribution in [3.8, 4) is 11.5 Å². The molecule has 10 nitrogen and oxygen atoms in total. The molecule has 0 bridgehead atoms. The van der Waals surface area contributed by atoms with Crippen LogP contribution in [0.5, 0.6) is 0 Å². The molecule has 0 atom stereocenters. The fourth-order valence-corrected chi connectivity index (χ4v) is 4.61. The summed E-state index contributed by atoms with van der Waals surface area (Å²) in [5, 5.41) is 3.34. The van der Waals surface area contributed by atoms with Crippen molar-refractivity contribution < 1.29 is 9.13 Å². The van der Waals surface area contributed by atoms with Crippen LogP contribution in [0.1, 0.15) is 18.9 Å². The fraction of sp³-hybridized carbons (Fsp3) is 0.429. The molecule has 2 saturated heterocycles. The van der Waals surface area contributed by atoms with E-state index in [0.29, 0.717) is 47.4 Å². The van der Waals surface area contributed by atoms with Crippen molar-refractivity contribution in [3.05, 3.63) is 40.8 Å². The van der Waals surface area contributed by atoms with E-state index in [1.54, 1.807) is 21.2 Å². The lowest BCUT2D eigenvalue weighted by Crippen LogP contribution is -2.44. The maximum atomic E-state index is 14.0. The van der Waals surface area contributed by atoms with Crippen LogP contribution in [0.4, 0.5) is 10.2 Å². The maximum Gasteiger partial charge on any atom is 0.328 e. The van der Waals surface area contributed by atoms with Crippen molar-refractivity contribution >= 4 is 22.6 Å². The minimum Gasteiger partial charge on any atom is -0.381 e. The number of nitrogens with one attached hydrogen (secondary N) is 2. The summed E-state index contributed by atoms with van der Waals surface area (Å²) in [5.41, 5.74) is 2.17. The number of piperazine rings is 1. The average molecular weight is 438 g/mol. The van der Waals surface area contributed by atoms with E-state index in [2.05, 4.69) is 20.2 Å². The molecule has 0 saturated carbocycles. The van der Waals surface area contributed by atoms with Crippen LogP contribution in [-0.2, 0) is 4.74 Å². The van der Waals surface area contributed by atoms with Crippen molar-refractivity contribution in [1.29, 1.82) is 0 Å². The van der Waals surface area contributed by atoms with E-state index in [1.807, 2.05) is 0 Å². The molecule has 6 heterocycles. The molecular formula is C21H23FN8O2. The summed E-state index contributed by atoms with van der Waals surface area (Å²) in [6, 6.07) is 2.99.